The van der Waals surface area contributed by atoms with Gasteiger partial charge in [0.2, 0.25) is 17.7 Å². The molecule has 0 saturated carbocycles. The van der Waals surface area contributed by atoms with Crippen molar-refractivity contribution in [1.82, 2.24) is 21.3 Å². The van der Waals surface area contributed by atoms with Crippen LogP contribution in [0.1, 0.15) is 62.5 Å². The van der Waals surface area contributed by atoms with Crippen LogP contribution >= 0.6 is 0 Å². The normalized spacial score (nSPS) is 12.2. The van der Waals surface area contributed by atoms with E-state index in [4.69, 9.17) is 29.9 Å². The number of carboxylic acids is 4. The molecule has 0 bridgehead atoms. The van der Waals surface area contributed by atoms with Gasteiger partial charge in [-0.25, -0.2) is 19.2 Å². The van der Waals surface area contributed by atoms with Gasteiger partial charge >= 0.3 is 35.9 Å². The average molecular weight is 811 g/mol. The standard InChI is InChI=1S/C39H46N4O15/c44-31(19-27(36(51)52)21-33(46)47)40-17-9-7-15-29(43-39(56)58-24-26-13-5-2-6-14-26)35(50)42-30(38(55)57-23-25-11-3-1-4-12-25)16-8-10-18-41-32(45)20-28(37(53)54)22-34(48)49/h1-6,11-14,19-20,29-30H,7-10,15-18,21-24H2,(H,40,44)(H,41,45)(H,42,50)(H,43,56)(H,46,47)(H,48,49)(H,51,52)(H,53,54)/b27-19-,28-20-/t29-,30-/m0/s1. The zero-order valence-electron chi connectivity index (χ0n) is 31.3. The number of carboxylic acid groups (broad SMARTS) is 4. The van der Waals surface area contributed by atoms with Crippen LogP contribution in [0.2, 0.25) is 0 Å². The van der Waals surface area contributed by atoms with E-state index in [1.165, 1.54) is 0 Å². The number of ether oxygens (including phenoxy) is 2. The highest BCUT2D eigenvalue weighted by Crippen LogP contribution is 2.10. The van der Waals surface area contributed by atoms with Crippen LogP contribution < -0.4 is 21.3 Å². The molecule has 0 aromatic heterocycles. The first-order chi connectivity index (χ1) is 27.6. The van der Waals surface area contributed by atoms with E-state index in [2.05, 4.69) is 21.3 Å². The highest BCUT2D eigenvalue weighted by molar-refractivity contribution is 6.01. The molecule has 0 spiro atoms. The third-order valence-corrected chi connectivity index (χ3v) is 7.93. The van der Waals surface area contributed by atoms with Gasteiger partial charge in [-0.05, 0) is 49.7 Å². The highest BCUT2D eigenvalue weighted by Gasteiger charge is 2.28. The Balaban J connectivity index is 2.13. The van der Waals surface area contributed by atoms with Gasteiger partial charge in [0, 0.05) is 25.2 Å². The first-order valence-corrected chi connectivity index (χ1v) is 18.0. The molecular formula is C39H46N4O15. The minimum atomic E-state index is -1.57. The van der Waals surface area contributed by atoms with Gasteiger partial charge in [-0.1, -0.05) is 60.7 Å². The van der Waals surface area contributed by atoms with Crippen molar-refractivity contribution < 1.29 is 73.1 Å². The predicted molar refractivity (Wildman–Crippen MR) is 201 cm³/mol. The van der Waals surface area contributed by atoms with Gasteiger partial charge < -0.3 is 51.2 Å². The van der Waals surface area contributed by atoms with E-state index >= 15 is 0 Å². The molecule has 0 aliphatic carbocycles. The third-order valence-electron chi connectivity index (χ3n) is 7.93. The molecule has 19 heteroatoms. The molecule has 2 aromatic carbocycles. The van der Waals surface area contributed by atoms with Gasteiger partial charge in [-0.15, -0.1) is 0 Å². The molecule has 2 aromatic rings. The number of hydrogen-bond donors (Lipinski definition) is 8. The maximum atomic E-state index is 13.7. The second kappa shape index (κ2) is 25.9. The van der Waals surface area contributed by atoms with Crippen molar-refractivity contribution in [3.63, 3.8) is 0 Å². The topological polar surface area (TPSA) is 301 Å². The van der Waals surface area contributed by atoms with Gasteiger partial charge in [-0.2, -0.15) is 0 Å². The number of alkyl carbamates (subject to hydrolysis) is 1. The van der Waals surface area contributed by atoms with Crippen molar-refractivity contribution in [1.29, 1.82) is 0 Å². The summed E-state index contributed by atoms with van der Waals surface area (Å²) in [7, 11) is 0. The van der Waals surface area contributed by atoms with E-state index in [1.54, 1.807) is 60.7 Å². The summed E-state index contributed by atoms with van der Waals surface area (Å²) < 4.78 is 10.8. The molecule has 58 heavy (non-hydrogen) atoms. The molecule has 4 amide bonds. The fourth-order valence-electron chi connectivity index (χ4n) is 5.02. The number of hydrogen-bond acceptors (Lipinski definition) is 11. The van der Waals surface area contributed by atoms with Gasteiger partial charge in [-0.3, -0.25) is 24.0 Å². The summed E-state index contributed by atoms with van der Waals surface area (Å²) in [6.07, 6.45) is -0.411. The van der Waals surface area contributed by atoms with Gasteiger partial charge in [0.1, 0.15) is 25.3 Å². The first-order valence-electron chi connectivity index (χ1n) is 18.0. The first kappa shape index (κ1) is 47.1. The zero-order valence-corrected chi connectivity index (χ0v) is 31.3. The SMILES string of the molecule is O=C(O)C/C(=C/C(=O)NCCCC[C@H](NC(=O)OCc1ccccc1)C(=O)N[C@@H](CCCCNC(=O)/C=C(/CC(=O)O)C(=O)O)C(=O)OCc1ccccc1)C(=O)O. The fraction of sp³-hybridized carbons (Fsp3) is 0.359. The number of rotatable bonds is 26. The Morgan fingerprint density at radius 1 is 0.552 bits per heavy atom. The molecule has 0 saturated heterocycles. The summed E-state index contributed by atoms with van der Waals surface area (Å²) >= 11 is 0. The highest BCUT2D eigenvalue weighted by atomic mass is 16.5. The molecule has 0 radical (unpaired) electrons. The number of aliphatic carboxylic acids is 4. The third kappa shape index (κ3) is 20.0. The minimum Gasteiger partial charge on any atom is -0.481 e. The molecule has 0 fully saturated rings. The van der Waals surface area contributed by atoms with E-state index in [-0.39, 0.29) is 64.8 Å². The van der Waals surface area contributed by atoms with Crippen LogP contribution in [0.5, 0.6) is 0 Å². The molecule has 8 N–H and O–H groups in total. The Kier molecular flexibility index (Phi) is 21.1. The summed E-state index contributed by atoms with van der Waals surface area (Å²) in [6, 6.07) is 15.0. The van der Waals surface area contributed by atoms with Gasteiger partial charge in [0.05, 0.1) is 24.0 Å². The largest absolute Gasteiger partial charge is 0.481 e. The number of amides is 4. The summed E-state index contributed by atoms with van der Waals surface area (Å²) in [5.74, 6) is -9.24. The Morgan fingerprint density at radius 3 is 1.41 bits per heavy atom. The van der Waals surface area contributed by atoms with Crippen LogP contribution in [0.25, 0.3) is 0 Å². The molecule has 19 nitrogen and oxygen atoms in total. The van der Waals surface area contributed by atoms with Crippen molar-refractivity contribution in [3.05, 3.63) is 95.1 Å². The Bertz CT molecular complexity index is 1810. The summed E-state index contributed by atoms with van der Waals surface area (Å²) in [6.45, 7) is -0.218. The number of esters is 1. The second-order valence-electron chi connectivity index (χ2n) is 12.6. The van der Waals surface area contributed by atoms with Crippen LogP contribution in [0.4, 0.5) is 4.79 Å². The molecule has 312 valence electrons. The smallest absolute Gasteiger partial charge is 0.408 e. The van der Waals surface area contributed by atoms with Crippen LogP contribution in [-0.4, -0.2) is 99.3 Å². The van der Waals surface area contributed by atoms with E-state index in [0.29, 0.717) is 23.3 Å². The van der Waals surface area contributed by atoms with Crippen LogP contribution in [0.15, 0.2) is 84.0 Å². The van der Waals surface area contributed by atoms with Crippen molar-refractivity contribution in [2.75, 3.05) is 13.1 Å². The predicted octanol–water partition coefficient (Wildman–Crippen LogP) is 2.05. The Labute approximate surface area is 332 Å². The van der Waals surface area contributed by atoms with Crippen molar-refractivity contribution in [2.45, 2.75) is 76.7 Å². The molecule has 0 heterocycles. The van der Waals surface area contributed by atoms with E-state index in [0.717, 1.165) is 0 Å². The monoisotopic (exact) mass is 810 g/mol. The fourth-order valence-corrected chi connectivity index (χ4v) is 5.02. The summed E-state index contributed by atoms with van der Waals surface area (Å²) in [4.78, 5) is 108. The number of benzene rings is 2. The number of carbonyl (C=O) groups is 9. The molecule has 0 aliphatic heterocycles. The Hall–Kier alpha value is -7.05. The number of unbranched alkanes of at least 4 members (excludes halogenated alkanes) is 2. The van der Waals surface area contributed by atoms with Crippen LogP contribution in [0.3, 0.4) is 0 Å². The maximum Gasteiger partial charge on any atom is 0.408 e. The molecule has 0 aliphatic rings. The van der Waals surface area contributed by atoms with Crippen molar-refractivity contribution >= 4 is 53.7 Å². The zero-order chi connectivity index (χ0) is 42.9. The lowest BCUT2D eigenvalue weighted by Gasteiger charge is -2.23. The van der Waals surface area contributed by atoms with Crippen molar-refractivity contribution in [2.24, 2.45) is 0 Å². The van der Waals surface area contributed by atoms with Gasteiger partial charge in [0.15, 0.2) is 0 Å². The van der Waals surface area contributed by atoms with E-state index < -0.39 is 89.7 Å². The molecule has 2 rings (SSSR count). The van der Waals surface area contributed by atoms with E-state index in [9.17, 15) is 43.2 Å². The number of carbonyl (C=O) groups excluding carboxylic acids is 5. The van der Waals surface area contributed by atoms with Gasteiger partial charge in [0.25, 0.3) is 0 Å². The lowest BCUT2D eigenvalue weighted by atomic mass is 10.1. The molecule has 2 atom stereocenters. The van der Waals surface area contributed by atoms with Crippen molar-refractivity contribution in [3.8, 4) is 0 Å². The lowest BCUT2D eigenvalue weighted by Crippen LogP contribution is -2.52. The lowest BCUT2D eigenvalue weighted by molar-refractivity contribution is -0.149. The quantitative estimate of drug-likeness (QED) is 0.0383. The second-order valence-corrected chi connectivity index (χ2v) is 12.6. The van der Waals surface area contributed by atoms with Crippen LogP contribution in [-0.2, 0) is 61.0 Å². The number of nitrogens with one attached hydrogen (secondary N) is 4. The molecular weight excluding hydrogens is 764 g/mol. The molecule has 0 unspecified atom stereocenters. The average Bonchev–Trinajstić information content (AvgIpc) is 3.17. The van der Waals surface area contributed by atoms with Crippen LogP contribution in [0, 0.1) is 0 Å². The summed E-state index contributed by atoms with van der Waals surface area (Å²) in [5.41, 5.74) is 0.102. The summed E-state index contributed by atoms with van der Waals surface area (Å²) in [5, 5.41) is 46.0. The maximum absolute atomic E-state index is 13.7. The van der Waals surface area contributed by atoms with E-state index in [1.807, 2.05) is 0 Å². The Morgan fingerprint density at radius 2 is 0.983 bits per heavy atom. The minimum absolute atomic E-state index is 0.0000418.